The van der Waals surface area contributed by atoms with Crippen molar-refractivity contribution in [2.75, 3.05) is 0 Å². The third-order valence-electron chi connectivity index (χ3n) is 2.64. The molecule has 0 aliphatic rings. The zero-order chi connectivity index (χ0) is 13.6. The van der Waals surface area contributed by atoms with Gasteiger partial charge in [-0.05, 0) is 19.8 Å². The third kappa shape index (κ3) is 3.50. The summed E-state index contributed by atoms with van der Waals surface area (Å²) in [4.78, 5) is 46.4. The van der Waals surface area contributed by atoms with Gasteiger partial charge in [0.15, 0.2) is 34.7 Å². The van der Waals surface area contributed by atoms with Crippen LogP contribution in [-0.2, 0) is 19.2 Å². The smallest absolute Gasteiger partial charge is 0.332 e. The van der Waals surface area contributed by atoms with Crippen molar-refractivity contribution in [3.63, 3.8) is 0 Å². The lowest BCUT2D eigenvalue weighted by Crippen LogP contribution is -2.51. The number of rotatable bonds is 8. The van der Waals surface area contributed by atoms with E-state index in [4.69, 9.17) is 5.11 Å². The van der Waals surface area contributed by atoms with Crippen LogP contribution in [-0.4, -0.2) is 45.8 Å². The number of hydrogen-bond donors (Lipinski definition) is 1. The topological polar surface area (TPSA) is 88.5 Å². The summed E-state index contributed by atoms with van der Waals surface area (Å²) in [5.41, 5.74) is -2.48. The summed E-state index contributed by atoms with van der Waals surface area (Å²) < 4.78 is 0. The number of carbonyl (C=O) groups is 4. The highest BCUT2D eigenvalue weighted by atomic mass is 27.0. The highest BCUT2D eigenvalue weighted by Crippen LogP contribution is 2.27. The summed E-state index contributed by atoms with van der Waals surface area (Å²) in [5.74, 6) is -4.17. The van der Waals surface area contributed by atoms with Crippen LogP contribution in [0.4, 0.5) is 0 Å². The second-order valence-electron chi connectivity index (χ2n) is 3.96. The van der Waals surface area contributed by atoms with Gasteiger partial charge in [0.25, 0.3) is 0 Å². The Labute approximate surface area is 117 Å². The highest BCUT2D eigenvalue weighted by molar-refractivity contribution is 6.36. The van der Waals surface area contributed by atoms with Crippen LogP contribution in [0.1, 0.15) is 46.5 Å². The third-order valence-corrected chi connectivity index (χ3v) is 2.64. The van der Waals surface area contributed by atoms with Crippen LogP contribution >= 0.6 is 0 Å². The van der Waals surface area contributed by atoms with Gasteiger partial charge in [-0.25, -0.2) is 0 Å². The van der Waals surface area contributed by atoms with Gasteiger partial charge in [-0.1, -0.05) is 13.8 Å². The van der Waals surface area contributed by atoms with E-state index in [0.29, 0.717) is 12.8 Å². The predicted octanol–water partition coefficient (Wildman–Crippen LogP) is 0.201. The summed E-state index contributed by atoms with van der Waals surface area (Å²) in [5, 5.41) is 9.13. The van der Waals surface area contributed by atoms with Crippen molar-refractivity contribution in [3.05, 3.63) is 0 Å². The minimum Gasteiger partial charge on any atom is -0.480 e. The molecule has 0 radical (unpaired) electrons. The number of carboxylic acids is 1. The Balaban J connectivity index is 0. The van der Waals surface area contributed by atoms with Gasteiger partial charge in [-0.2, -0.15) is 0 Å². The zero-order valence-corrected chi connectivity index (χ0v) is 10.4. The SMILES string of the molecule is CCCC(=O)C(C(C)=O)(C(=O)O)C(=O)CCC.[AlH3]. The molecule has 0 heterocycles. The molecule has 18 heavy (non-hydrogen) atoms. The molecule has 0 spiro atoms. The molecule has 0 atom stereocenters. The Morgan fingerprint density at radius 2 is 1.28 bits per heavy atom. The van der Waals surface area contributed by atoms with Crippen LogP contribution in [0.15, 0.2) is 0 Å². The largest absolute Gasteiger partial charge is 0.480 e. The van der Waals surface area contributed by atoms with Crippen LogP contribution in [0, 0.1) is 5.41 Å². The summed E-state index contributed by atoms with van der Waals surface area (Å²) in [7, 11) is 0. The fraction of sp³-hybridized carbons (Fsp3) is 0.667. The van der Waals surface area contributed by atoms with E-state index in [1.54, 1.807) is 13.8 Å². The zero-order valence-electron chi connectivity index (χ0n) is 10.4. The number of aliphatic carboxylic acids is 1. The average Bonchev–Trinajstić information content (AvgIpc) is 2.17. The van der Waals surface area contributed by atoms with Crippen molar-refractivity contribution < 1.29 is 24.3 Å². The van der Waals surface area contributed by atoms with E-state index < -0.39 is 28.7 Å². The van der Waals surface area contributed by atoms with Gasteiger partial charge in [-0.3, -0.25) is 19.2 Å². The van der Waals surface area contributed by atoms with Gasteiger partial charge in [0.05, 0.1) is 0 Å². The average molecular weight is 272 g/mol. The van der Waals surface area contributed by atoms with Gasteiger partial charge < -0.3 is 5.11 Å². The van der Waals surface area contributed by atoms with Gasteiger partial charge in [0.1, 0.15) is 0 Å². The molecule has 0 aromatic heterocycles. The number of ketones is 3. The lowest BCUT2D eigenvalue weighted by molar-refractivity contribution is -0.163. The van der Waals surface area contributed by atoms with E-state index in [9.17, 15) is 19.2 Å². The van der Waals surface area contributed by atoms with E-state index in [-0.39, 0.29) is 30.2 Å². The Morgan fingerprint density at radius 1 is 0.944 bits per heavy atom. The molecular formula is C12H21AlO5. The number of carboxylic acid groups (broad SMARTS) is 1. The molecule has 0 bridgehead atoms. The summed E-state index contributed by atoms with van der Waals surface area (Å²) in [6.07, 6.45) is 0.643. The van der Waals surface area contributed by atoms with Crippen molar-refractivity contribution in [1.82, 2.24) is 0 Å². The van der Waals surface area contributed by atoms with Crippen molar-refractivity contribution in [2.45, 2.75) is 46.5 Å². The van der Waals surface area contributed by atoms with Gasteiger partial charge in [0.2, 0.25) is 5.41 Å². The molecule has 0 aromatic carbocycles. The van der Waals surface area contributed by atoms with E-state index in [1.165, 1.54) is 0 Å². The molecule has 0 rings (SSSR count). The van der Waals surface area contributed by atoms with E-state index in [1.807, 2.05) is 0 Å². The number of Topliss-reactive ketones (excluding diaryl/α,β-unsaturated/α-hetero) is 3. The summed E-state index contributed by atoms with van der Waals surface area (Å²) >= 11 is 0. The number of carbonyl (C=O) groups excluding carboxylic acids is 3. The standard InChI is InChI=1S/C12H18O5.Al.3H/c1-4-6-9(14)12(8(3)13,11(16)17)10(15)7-5-2;;;;/h4-7H2,1-3H3,(H,16,17);;;;. The van der Waals surface area contributed by atoms with Crippen LogP contribution in [0.25, 0.3) is 0 Å². The van der Waals surface area contributed by atoms with Gasteiger partial charge in [-0.15, -0.1) is 0 Å². The van der Waals surface area contributed by atoms with E-state index >= 15 is 0 Å². The first-order valence-corrected chi connectivity index (χ1v) is 5.66. The molecule has 0 saturated carbocycles. The first-order chi connectivity index (χ1) is 7.85. The second kappa shape index (κ2) is 8.17. The lowest BCUT2D eigenvalue weighted by atomic mass is 9.73. The maximum absolute atomic E-state index is 11.8. The number of hydrogen-bond acceptors (Lipinski definition) is 4. The normalized spacial score (nSPS) is 10.4. The van der Waals surface area contributed by atoms with Gasteiger partial charge in [0, 0.05) is 12.8 Å². The van der Waals surface area contributed by atoms with Crippen molar-refractivity contribution in [2.24, 2.45) is 5.41 Å². The monoisotopic (exact) mass is 272 g/mol. The Morgan fingerprint density at radius 3 is 1.44 bits per heavy atom. The molecule has 6 heteroatoms. The van der Waals surface area contributed by atoms with Crippen molar-refractivity contribution >= 4 is 40.7 Å². The molecule has 0 unspecified atom stereocenters. The van der Waals surface area contributed by atoms with Crippen LogP contribution in [0.3, 0.4) is 0 Å². The summed E-state index contributed by atoms with van der Waals surface area (Å²) in [6, 6.07) is 0. The van der Waals surface area contributed by atoms with Crippen molar-refractivity contribution in [1.29, 1.82) is 0 Å². The van der Waals surface area contributed by atoms with Crippen LogP contribution in [0.5, 0.6) is 0 Å². The molecule has 0 aromatic rings. The minimum atomic E-state index is -2.48. The predicted molar refractivity (Wildman–Crippen MR) is 70.5 cm³/mol. The maximum atomic E-state index is 11.8. The Bertz CT molecular complexity index is 314. The molecular weight excluding hydrogens is 251 g/mol. The fourth-order valence-corrected chi connectivity index (χ4v) is 1.77. The van der Waals surface area contributed by atoms with Gasteiger partial charge >= 0.3 is 5.97 Å². The second-order valence-corrected chi connectivity index (χ2v) is 3.96. The first kappa shape index (κ1) is 19.4. The maximum Gasteiger partial charge on any atom is 0.332 e. The summed E-state index contributed by atoms with van der Waals surface area (Å²) in [6.45, 7) is 4.36. The highest BCUT2D eigenvalue weighted by Gasteiger charge is 2.55. The van der Waals surface area contributed by atoms with E-state index in [0.717, 1.165) is 6.92 Å². The fourth-order valence-electron chi connectivity index (χ4n) is 1.77. The Kier molecular flexibility index (Phi) is 8.79. The molecule has 0 amide bonds. The molecule has 0 aliphatic carbocycles. The quantitative estimate of drug-likeness (QED) is 0.503. The van der Waals surface area contributed by atoms with Crippen LogP contribution in [0.2, 0.25) is 0 Å². The first-order valence-electron chi connectivity index (χ1n) is 5.66. The molecule has 0 aliphatic heterocycles. The Hall–Kier alpha value is -0.988. The van der Waals surface area contributed by atoms with Crippen molar-refractivity contribution in [3.8, 4) is 0 Å². The molecule has 0 fully saturated rings. The minimum absolute atomic E-state index is 0. The molecule has 0 saturated heterocycles. The molecule has 5 nitrogen and oxygen atoms in total. The van der Waals surface area contributed by atoms with Crippen LogP contribution < -0.4 is 0 Å². The lowest BCUT2D eigenvalue weighted by Gasteiger charge is -2.23. The molecule has 102 valence electrons. The molecule has 1 N–H and O–H groups in total. The van der Waals surface area contributed by atoms with E-state index in [2.05, 4.69) is 0 Å².